The van der Waals surface area contributed by atoms with Crippen LogP contribution >= 0.6 is 35.8 Å². The molecule has 0 aliphatic carbocycles. The Balaban J connectivity index is 0.000000620. The van der Waals surface area contributed by atoms with Gasteiger partial charge in [0.15, 0.2) is 7.91 Å². The lowest BCUT2D eigenvalue weighted by Gasteiger charge is -2.19. The molecule has 0 fully saturated rings. The van der Waals surface area contributed by atoms with Crippen LogP contribution in [0.15, 0.2) is 0 Å². The molecule has 24 heavy (non-hydrogen) atoms. The molecule has 2 unspecified atom stereocenters. The van der Waals surface area contributed by atoms with Gasteiger partial charge in [-0.1, -0.05) is 77.6 Å². The molecule has 0 saturated heterocycles. The molecule has 142 valence electrons. The van der Waals surface area contributed by atoms with E-state index in [4.69, 9.17) is 24.4 Å². The summed E-state index contributed by atoms with van der Waals surface area (Å²) in [4.78, 5) is 0. The number of H-pyrrole nitrogens is 2. The predicted octanol–water partition coefficient (Wildman–Crippen LogP) is 6.87. The van der Waals surface area contributed by atoms with Crippen molar-refractivity contribution in [2.45, 2.75) is 79.1 Å². The van der Waals surface area contributed by atoms with Crippen LogP contribution in [0.3, 0.4) is 0 Å². The molecule has 0 aliphatic heterocycles. The summed E-state index contributed by atoms with van der Waals surface area (Å²) in [6.07, 6.45) is 10.9. The second kappa shape index (κ2) is 16.4. The van der Waals surface area contributed by atoms with E-state index in [1.165, 1.54) is 75.8 Å². The maximum absolute atomic E-state index is 4.70. The highest BCUT2D eigenvalue weighted by molar-refractivity contribution is 7.75. The maximum atomic E-state index is 4.70. The van der Waals surface area contributed by atoms with Crippen molar-refractivity contribution in [2.24, 2.45) is 11.8 Å². The largest absolute Gasteiger partial charge is 0.316 e. The van der Waals surface area contributed by atoms with Gasteiger partial charge in [-0.25, -0.2) is 0 Å². The average Bonchev–Trinajstić information content (AvgIpc) is 2.97. The number of aromatic amines is 2. The highest BCUT2D eigenvalue weighted by Gasteiger charge is 2.08. The van der Waals surface area contributed by atoms with Crippen molar-refractivity contribution in [3.63, 3.8) is 0 Å². The SMILES string of the molecule is CCCCC(CC)CNCC(CC)CCCC.S=c1[nH][nH]c(=S)s1. The molecule has 1 rings (SSSR count). The van der Waals surface area contributed by atoms with Crippen LogP contribution in [0.4, 0.5) is 0 Å². The second-order valence-corrected chi connectivity index (χ2v) is 8.77. The van der Waals surface area contributed by atoms with Gasteiger partial charge >= 0.3 is 0 Å². The first-order chi connectivity index (χ1) is 11.6. The number of hydrogen-bond acceptors (Lipinski definition) is 4. The van der Waals surface area contributed by atoms with Gasteiger partial charge in [0.2, 0.25) is 0 Å². The van der Waals surface area contributed by atoms with Crippen LogP contribution < -0.4 is 5.32 Å². The van der Waals surface area contributed by atoms with E-state index in [1.54, 1.807) is 0 Å². The maximum Gasteiger partial charge on any atom is 0.175 e. The summed E-state index contributed by atoms with van der Waals surface area (Å²) in [5.74, 6) is 1.80. The van der Waals surface area contributed by atoms with Gasteiger partial charge in [-0.2, -0.15) is 0 Å². The Labute approximate surface area is 163 Å². The molecule has 0 radical (unpaired) electrons. The molecular weight excluding hydrogens is 354 g/mol. The Bertz CT molecular complexity index is 438. The molecule has 0 aliphatic rings. The Kier molecular flexibility index (Phi) is 16.4. The van der Waals surface area contributed by atoms with Crippen molar-refractivity contribution in [2.75, 3.05) is 13.1 Å². The summed E-state index contributed by atoms with van der Waals surface area (Å²) >= 11 is 10.8. The number of nitrogens with one attached hydrogen (secondary N) is 3. The van der Waals surface area contributed by atoms with Crippen LogP contribution in [0.1, 0.15) is 79.1 Å². The minimum absolute atomic E-state index is 0.699. The third-order valence-corrected chi connectivity index (χ3v) is 5.68. The number of unbranched alkanes of at least 4 members (excludes halogenated alkanes) is 2. The topological polar surface area (TPSA) is 43.6 Å². The van der Waals surface area contributed by atoms with Crippen LogP contribution in [0, 0.1) is 19.7 Å². The van der Waals surface area contributed by atoms with Gasteiger partial charge in [-0.15, -0.1) is 0 Å². The van der Waals surface area contributed by atoms with E-state index in [0.29, 0.717) is 7.91 Å². The molecule has 6 heteroatoms. The first-order valence-corrected chi connectivity index (χ1v) is 11.2. The first kappa shape index (κ1) is 24.0. The summed E-state index contributed by atoms with van der Waals surface area (Å²) in [7, 11) is 0. The zero-order valence-corrected chi connectivity index (χ0v) is 18.4. The lowest BCUT2D eigenvalue weighted by atomic mass is 9.97. The van der Waals surface area contributed by atoms with Crippen LogP contribution in [0.25, 0.3) is 0 Å². The fourth-order valence-corrected chi connectivity index (χ4v) is 3.75. The lowest BCUT2D eigenvalue weighted by Crippen LogP contribution is -2.28. The van der Waals surface area contributed by atoms with E-state index >= 15 is 0 Å². The standard InChI is InChI=1S/C16H35N.C2H2N2S3/c1-5-9-11-15(7-3)13-17-14-16(8-4)12-10-6-2;5-1-3-4-2(6)7-1/h15-17H,5-14H2,1-4H3;(H,3,5)(H,4,6). The normalized spacial score (nSPS) is 13.2. The molecule has 1 heterocycles. The first-order valence-electron chi connectivity index (χ1n) is 9.55. The van der Waals surface area contributed by atoms with Gasteiger partial charge in [0.05, 0.1) is 0 Å². The molecule has 0 aromatic carbocycles. The van der Waals surface area contributed by atoms with E-state index in [9.17, 15) is 0 Å². The Morgan fingerprint density at radius 1 is 0.833 bits per heavy atom. The highest BCUT2D eigenvalue weighted by atomic mass is 32.2. The van der Waals surface area contributed by atoms with Gasteiger partial charge in [0.25, 0.3) is 0 Å². The molecule has 3 nitrogen and oxygen atoms in total. The van der Waals surface area contributed by atoms with E-state index in [2.05, 4.69) is 43.2 Å². The van der Waals surface area contributed by atoms with Crippen LogP contribution in [-0.2, 0) is 0 Å². The third-order valence-electron chi connectivity index (χ3n) is 4.40. The van der Waals surface area contributed by atoms with Crippen molar-refractivity contribution in [3.8, 4) is 0 Å². The lowest BCUT2D eigenvalue weighted by molar-refractivity contribution is 0.372. The summed E-state index contributed by atoms with van der Waals surface area (Å²) < 4.78 is 1.40. The van der Waals surface area contributed by atoms with Crippen molar-refractivity contribution in [3.05, 3.63) is 7.91 Å². The fraction of sp³-hybridized carbons (Fsp3) is 0.889. The highest BCUT2D eigenvalue weighted by Crippen LogP contribution is 2.13. The second-order valence-electron chi connectivity index (χ2n) is 6.42. The van der Waals surface area contributed by atoms with Gasteiger partial charge in [0.1, 0.15) is 0 Å². The molecule has 0 spiro atoms. The molecule has 1 aromatic rings. The third kappa shape index (κ3) is 13.3. The molecule has 3 N–H and O–H groups in total. The Morgan fingerprint density at radius 3 is 1.50 bits per heavy atom. The van der Waals surface area contributed by atoms with Crippen molar-refractivity contribution in [1.82, 2.24) is 15.5 Å². The van der Waals surface area contributed by atoms with Gasteiger partial charge in [-0.05, 0) is 62.2 Å². The molecule has 0 saturated carbocycles. The van der Waals surface area contributed by atoms with E-state index < -0.39 is 0 Å². The van der Waals surface area contributed by atoms with Crippen molar-refractivity contribution < 1.29 is 0 Å². The van der Waals surface area contributed by atoms with E-state index in [0.717, 1.165) is 11.8 Å². The number of aromatic nitrogens is 2. The average molecular weight is 392 g/mol. The minimum atomic E-state index is 0.699. The molecule has 2 atom stereocenters. The minimum Gasteiger partial charge on any atom is -0.316 e. The summed E-state index contributed by atoms with van der Waals surface area (Å²) in [5.41, 5.74) is 0. The fourth-order valence-electron chi connectivity index (χ4n) is 2.62. The Hall–Kier alpha value is -0.0400. The summed E-state index contributed by atoms with van der Waals surface area (Å²) in [5, 5.41) is 9.05. The van der Waals surface area contributed by atoms with Gasteiger partial charge < -0.3 is 5.32 Å². The van der Waals surface area contributed by atoms with Crippen LogP contribution in [0.5, 0.6) is 0 Å². The molecule has 1 aromatic heterocycles. The van der Waals surface area contributed by atoms with Crippen LogP contribution in [-0.4, -0.2) is 23.3 Å². The monoisotopic (exact) mass is 391 g/mol. The van der Waals surface area contributed by atoms with Gasteiger partial charge in [-0.3, -0.25) is 10.2 Å². The van der Waals surface area contributed by atoms with Crippen LogP contribution in [0.2, 0.25) is 0 Å². The quantitative estimate of drug-likeness (QED) is 0.340. The smallest absolute Gasteiger partial charge is 0.175 e. The van der Waals surface area contributed by atoms with Crippen molar-refractivity contribution in [1.29, 1.82) is 0 Å². The molecular formula is C18H37N3S3. The van der Waals surface area contributed by atoms with E-state index in [-0.39, 0.29) is 0 Å². The van der Waals surface area contributed by atoms with Crippen molar-refractivity contribution >= 4 is 35.8 Å². The summed E-state index contributed by atoms with van der Waals surface area (Å²) in [6.45, 7) is 11.7. The number of rotatable bonds is 12. The molecule has 0 amide bonds. The summed E-state index contributed by atoms with van der Waals surface area (Å²) in [6, 6.07) is 0. The molecule has 0 bridgehead atoms. The number of hydrogen-bond donors (Lipinski definition) is 3. The zero-order valence-electron chi connectivity index (χ0n) is 16.0. The Morgan fingerprint density at radius 2 is 1.25 bits per heavy atom. The predicted molar refractivity (Wildman–Crippen MR) is 114 cm³/mol. The zero-order chi connectivity index (χ0) is 18.2. The van der Waals surface area contributed by atoms with E-state index in [1.807, 2.05) is 0 Å². The van der Waals surface area contributed by atoms with Gasteiger partial charge in [0, 0.05) is 0 Å².